The minimum Gasteiger partial charge on any atom is -0.487 e. The second kappa shape index (κ2) is 10.4. The van der Waals surface area contributed by atoms with Gasteiger partial charge in [0.25, 0.3) is 11.8 Å². The van der Waals surface area contributed by atoms with Crippen LogP contribution in [0.5, 0.6) is 5.75 Å². The molecule has 0 bridgehead atoms. The molecule has 2 aromatic carbocycles. The van der Waals surface area contributed by atoms with Crippen LogP contribution < -0.4 is 4.74 Å². The summed E-state index contributed by atoms with van der Waals surface area (Å²) in [4.78, 5) is 30.7. The highest BCUT2D eigenvalue weighted by Gasteiger charge is 2.36. The second-order valence-electron chi connectivity index (χ2n) is 8.61. The van der Waals surface area contributed by atoms with E-state index in [1.165, 1.54) is 0 Å². The van der Waals surface area contributed by atoms with Gasteiger partial charge in [-0.1, -0.05) is 36.2 Å². The van der Waals surface area contributed by atoms with Crippen molar-refractivity contribution in [3.05, 3.63) is 64.7 Å². The SMILES string of the molecule is CCN1CCCCN(C(=O)c2cccc(Cl)c2)[C@@H]2CCCC[C@@H]2Oc2ccccc2C1=O. The molecule has 5 nitrogen and oxygen atoms in total. The molecular formula is C26H31ClN2O3. The van der Waals surface area contributed by atoms with Gasteiger partial charge in [0.2, 0.25) is 0 Å². The average molecular weight is 455 g/mol. The van der Waals surface area contributed by atoms with E-state index in [0.29, 0.717) is 41.5 Å². The number of carbonyl (C=O) groups excluding carboxylic acids is 2. The van der Waals surface area contributed by atoms with E-state index >= 15 is 0 Å². The molecule has 2 amide bonds. The summed E-state index contributed by atoms with van der Waals surface area (Å²) in [6.45, 7) is 3.95. The van der Waals surface area contributed by atoms with Gasteiger partial charge in [-0.25, -0.2) is 0 Å². The van der Waals surface area contributed by atoms with Crippen molar-refractivity contribution in [2.75, 3.05) is 19.6 Å². The summed E-state index contributed by atoms with van der Waals surface area (Å²) in [6, 6.07) is 14.7. The highest BCUT2D eigenvalue weighted by atomic mass is 35.5. The highest BCUT2D eigenvalue weighted by Crippen LogP contribution is 2.31. The summed E-state index contributed by atoms with van der Waals surface area (Å²) in [5, 5.41) is 0.563. The fourth-order valence-electron chi connectivity index (χ4n) is 4.84. The van der Waals surface area contributed by atoms with Crippen LogP contribution in [0.4, 0.5) is 0 Å². The van der Waals surface area contributed by atoms with E-state index in [4.69, 9.17) is 16.3 Å². The lowest BCUT2D eigenvalue weighted by Crippen LogP contribution is -2.51. The maximum Gasteiger partial charge on any atom is 0.257 e. The van der Waals surface area contributed by atoms with Crippen LogP contribution >= 0.6 is 11.6 Å². The van der Waals surface area contributed by atoms with Crippen molar-refractivity contribution < 1.29 is 14.3 Å². The molecule has 6 heteroatoms. The number of para-hydroxylation sites is 1. The monoisotopic (exact) mass is 454 g/mol. The van der Waals surface area contributed by atoms with Crippen molar-refractivity contribution in [1.29, 1.82) is 0 Å². The van der Waals surface area contributed by atoms with Gasteiger partial charge < -0.3 is 14.5 Å². The maximum absolute atomic E-state index is 13.6. The van der Waals surface area contributed by atoms with Crippen LogP contribution in [-0.4, -0.2) is 53.4 Å². The zero-order valence-electron chi connectivity index (χ0n) is 18.6. The van der Waals surface area contributed by atoms with Gasteiger partial charge in [-0.05, 0) is 69.4 Å². The number of halogens is 1. The molecule has 1 aliphatic heterocycles. The summed E-state index contributed by atoms with van der Waals surface area (Å²) >= 11 is 6.18. The van der Waals surface area contributed by atoms with Crippen LogP contribution in [0.15, 0.2) is 48.5 Å². The molecule has 1 heterocycles. The zero-order chi connectivity index (χ0) is 22.5. The van der Waals surface area contributed by atoms with E-state index in [9.17, 15) is 9.59 Å². The van der Waals surface area contributed by atoms with Crippen LogP contribution in [-0.2, 0) is 0 Å². The Balaban J connectivity index is 1.70. The molecule has 4 rings (SSSR count). The Hall–Kier alpha value is -2.53. The Bertz CT molecular complexity index is 964. The normalized spacial score (nSPS) is 22.1. The minimum absolute atomic E-state index is 0.00164. The Labute approximate surface area is 195 Å². The average Bonchev–Trinajstić information content (AvgIpc) is 2.81. The van der Waals surface area contributed by atoms with Gasteiger partial charge in [0.05, 0.1) is 11.6 Å². The van der Waals surface area contributed by atoms with Crippen LogP contribution in [0.2, 0.25) is 5.02 Å². The first kappa shape index (κ1) is 22.7. The third-order valence-corrected chi connectivity index (χ3v) is 6.78. The number of benzene rings is 2. The first-order chi connectivity index (χ1) is 15.6. The first-order valence-corrected chi connectivity index (χ1v) is 12.1. The van der Waals surface area contributed by atoms with Crippen molar-refractivity contribution in [1.82, 2.24) is 9.80 Å². The Morgan fingerprint density at radius 3 is 2.62 bits per heavy atom. The quantitative estimate of drug-likeness (QED) is 0.608. The van der Waals surface area contributed by atoms with Crippen LogP contribution in [0.25, 0.3) is 0 Å². The van der Waals surface area contributed by atoms with E-state index in [-0.39, 0.29) is 24.0 Å². The Morgan fingerprint density at radius 1 is 1.03 bits per heavy atom. The molecule has 1 aliphatic carbocycles. The van der Waals surface area contributed by atoms with Gasteiger partial charge in [0.1, 0.15) is 11.9 Å². The molecule has 2 aromatic rings. The maximum atomic E-state index is 13.6. The van der Waals surface area contributed by atoms with E-state index in [1.807, 2.05) is 53.1 Å². The van der Waals surface area contributed by atoms with Crippen molar-refractivity contribution >= 4 is 23.4 Å². The van der Waals surface area contributed by atoms with Crippen LogP contribution in [0, 0.1) is 0 Å². The molecule has 0 radical (unpaired) electrons. The van der Waals surface area contributed by atoms with Crippen LogP contribution in [0.3, 0.4) is 0 Å². The topological polar surface area (TPSA) is 49.9 Å². The van der Waals surface area contributed by atoms with E-state index in [0.717, 1.165) is 38.5 Å². The summed E-state index contributed by atoms with van der Waals surface area (Å²) in [5.41, 5.74) is 1.21. The molecule has 0 spiro atoms. The minimum atomic E-state index is -0.143. The summed E-state index contributed by atoms with van der Waals surface area (Å²) in [5.74, 6) is 0.633. The Morgan fingerprint density at radius 2 is 1.81 bits per heavy atom. The molecule has 0 saturated heterocycles. The lowest BCUT2D eigenvalue weighted by molar-refractivity contribution is 0.0259. The zero-order valence-corrected chi connectivity index (χ0v) is 19.4. The molecule has 170 valence electrons. The number of amides is 2. The molecule has 1 saturated carbocycles. The molecule has 1 fully saturated rings. The molecule has 0 N–H and O–H groups in total. The van der Waals surface area contributed by atoms with Crippen molar-refractivity contribution in [2.45, 2.75) is 57.6 Å². The molecule has 0 unspecified atom stereocenters. The fourth-order valence-corrected chi connectivity index (χ4v) is 5.03. The van der Waals surface area contributed by atoms with Crippen molar-refractivity contribution in [3.63, 3.8) is 0 Å². The number of hydrogen-bond acceptors (Lipinski definition) is 3. The summed E-state index contributed by atoms with van der Waals surface area (Å²) in [6.07, 6.45) is 5.42. The number of hydrogen-bond donors (Lipinski definition) is 0. The van der Waals surface area contributed by atoms with Gasteiger partial charge in [0.15, 0.2) is 0 Å². The predicted molar refractivity (Wildman–Crippen MR) is 126 cm³/mol. The number of rotatable bonds is 2. The number of nitrogens with zero attached hydrogens (tertiary/aromatic N) is 2. The first-order valence-electron chi connectivity index (χ1n) is 11.7. The lowest BCUT2D eigenvalue weighted by Gasteiger charge is -2.40. The number of ether oxygens (including phenoxy) is 1. The molecule has 0 aromatic heterocycles. The lowest BCUT2D eigenvalue weighted by atomic mass is 9.90. The highest BCUT2D eigenvalue weighted by molar-refractivity contribution is 6.30. The largest absolute Gasteiger partial charge is 0.487 e. The molecule has 2 atom stereocenters. The predicted octanol–water partition coefficient (Wildman–Crippen LogP) is 5.43. The Kier molecular flexibility index (Phi) is 7.36. The van der Waals surface area contributed by atoms with Gasteiger partial charge in [-0.2, -0.15) is 0 Å². The third kappa shape index (κ3) is 4.93. The molecular weight excluding hydrogens is 424 g/mol. The van der Waals surface area contributed by atoms with Gasteiger partial charge in [0, 0.05) is 30.2 Å². The summed E-state index contributed by atoms with van der Waals surface area (Å²) in [7, 11) is 0. The molecule has 32 heavy (non-hydrogen) atoms. The third-order valence-electron chi connectivity index (χ3n) is 6.54. The van der Waals surface area contributed by atoms with Gasteiger partial charge in [-0.3, -0.25) is 9.59 Å². The number of carbonyl (C=O) groups is 2. The summed E-state index contributed by atoms with van der Waals surface area (Å²) < 4.78 is 6.51. The van der Waals surface area contributed by atoms with Gasteiger partial charge in [-0.15, -0.1) is 0 Å². The van der Waals surface area contributed by atoms with Crippen molar-refractivity contribution in [3.8, 4) is 5.75 Å². The van der Waals surface area contributed by atoms with Gasteiger partial charge >= 0.3 is 0 Å². The standard InChI is InChI=1S/C26H31ClN2O3/c1-2-28-16-7-8-17-29(25(30)19-10-9-11-20(27)18-19)22-13-4-6-15-24(22)32-23-14-5-3-12-21(23)26(28)31/h3,5,9-12,14,18,22,24H,2,4,6-8,13,15-17H2,1H3/t22-,24+/m1/s1. The smallest absolute Gasteiger partial charge is 0.257 e. The second-order valence-corrected chi connectivity index (χ2v) is 9.04. The van der Waals surface area contributed by atoms with Crippen molar-refractivity contribution in [2.24, 2.45) is 0 Å². The fraction of sp³-hybridized carbons (Fsp3) is 0.462. The molecule has 2 aliphatic rings. The van der Waals surface area contributed by atoms with E-state index < -0.39 is 0 Å². The van der Waals surface area contributed by atoms with E-state index in [2.05, 4.69) is 0 Å². The van der Waals surface area contributed by atoms with Crippen LogP contribution in [0.1, 0.15) is 66.2 Å². The number of fused-ring (bicyclic) bond motifs is 2. The van der Waals surface area contributed by atoms with E-state index in [1.54, 1.807) is 12.1 Å².